The summed E-state index contributed by atoms with van der Waals surface area (Å²) in [5, 5.41) is 91.4. The van der Waals surface area contributed by atoms with Crippen molar-refractivity contribution in [2.24, 2.45) is 0 Å². The lowest BCUT2D eigenvalue weighted by Gasteiger charge is -2.24. The van der Waals surface area contributed by atoms with Gasteiger partial charge in [-0.3, -0.25) is 0 Å². The summed E-state index contributed by atoms with van der Waals surface area (Å²) in [6, 6.07) is 0. The van der Waals surface area contributed by atoms with Crippen LogP contribution in [-0.2, 0) is 0 Å². The maximum absolute atomic E-state index is 8.96. The van der Waals surface area contributed by atoms with Crippen molar-refractivity contribution in [3.8, 4) is 0 Å². The van der Waals surface area contributed by atoms with Gasteiger partial charge in [0.15, 0.2) is 0 Å². The van der Waals surface area contributed by atoms with E-state index in [4.69, 9.17) is 56.2 Å². The first-order valence-corrected chi connectivity index (χ1v) is 6.32. The Hall–Kier alpha value is -0.440. The third-order valence-corrected chi connectivity index (χ3v) is 2.03. The van der Waals surface area contributed by atoms with Gasteiger partial charge in [0.1, 0.15) is 30.5 Å². The lowest BCUT2D eigenvalue weighted by molar-refractivity contribution is -0.123. The Morgan fingerprint density at radius 2 is 0.727 bits per heavy atom. The average molecular weight is 336 g/mol. The summed E-state index contributed by atoms with van der Waals surface area (Å²) in [5.74, 6) is 0. The van der Waals surface area contributed by atoms with E-state index in [2.05, 4.69) is 0 Å². The van der Waals surface area contributed by atoms with Crippen molar-refractivity contribution in [2.75, 3.05) is 39.6 Å². The second kappa shape index (κ2) is 18.6. The molecule has 0 radical (unpaired) electrons. The van der Waals surface area contributed by atoms with E-state index in [9.17, 15) is 0 Å². The third-order valence-electron chi connectivity index (χ3n) is 2.03. The molecule has 11 N–H and O–H groups in total. The zero-order valence-electron chi connectivity index (χ0n) is 12.0. The molecular formula is C11H28O11. The highest BCUT2D eigenvalue weighted by Gasteiger charge is 2.29. The van der Waals surface area contributed by atoms with Crippen LogP contribution in [0, 0.1) is 0 Å². The summed E-state index contributed by atoms with van der Waals surface area (Å²) in [6.45, 7) is -2.43. The normalized spacial score (nSPS) is 15.8. The molecule has 0 aromatic carbocycles. The van der Waals surface area contributed by atoms with Crippen molar-refractivity contribution < 1.29 is 56.2 Å². The average Bonchev–Trinajstić information content (AvgIpc) is 2.58. The van der Waals surface area contributed by atoms with E-state index in [-0.39, 0.29) is 26.4 Å². The molecule has 0 heterocycles. The number of rotatable bonds is 8. The standard InChI is InChI=1S/C6H14O6.C3H8O3.C2H6O2/c7-1-3(9)5(11)6(12)4(10)2-8;4-1-3(6)2-5;3-1-2-4/h3-12H,1-2H2;3-6H,1-2H2;3-4H,1-2H2/t3-,4+,5-,6-;;/m1../s1. The molecule has 4 atom stereocenters. The maximum Gasteiger partial charge on any atom is 0.111 e. The first-order chi connectivity index (χ1) is 10.3. The lowest BCUT2D eigenvalue weighted by Crippen LogP contribution is -2.46. The first kappa shape index (κ1) is 26.5. The number of hydrogen-bond donors (Lipinski definition) is 11. The fourth-order valence-electron chi connectivity index (χ4n) is 0.729. The van der Waals surface area contributed by atoms with Gasteiger partial charge in [-0.2, -0.15) is 0 Å². The molecule has 0 bridgehead atoms. The Kier molecular flexibility index (Phi) is 22.4. The van der Waals surface area contributed by atoms with Crippen LogP contribution < -0.4 is 0 Å². The smallest absolute Gasteiger partial charge is 0.111 e. The molecule has 0 amide bonds. The molecule has 0 aliphatic heterocycles. The highest BCUT2D eigenvalue weighted by atomic mass is 16.4. The van der Waals surface area contributed by atoms with Crippen molar-refractivity contribution in [2.45, 2.75) is 30.5 Å². The molecule has 0 fully saturated rings. The SMILES string of the molecule is OCC(O)CO.OCCO.OC[C@@H](O)[C@@H](O)[C@H](O)[C@@H](O)CO. The quantitative estimate of drug-likeness (QED) is 0.200. The van der Waals surface area contributed by atoms with Gasteiger partial charge in [0.05, 0.1) is 39.6 Å². The minimum Gasteiger partial charge on any atom is -0.394 e. The molecule has 0 saturated heterocycles. The molecule has 0 saturated carbocycles. The van der Waals surface area contributed by atoms with Crippen LogP contribution in [0.1, 0.15) is 0 Å². The third kappa shape index (κ3) is 15.9. The van der Waals surface area contributed by atoms with Gasteiger partial charge in [0, 0.05) is 0 Å². The zero-order valence-corrected chi connectivity index (χ0v) is 12.0. The van der Waals surface area contributed by atoms with Gasteiger partial charge >= 0.3 is 0 Å². The Labute approximate surface area is 127 Å². The molecule has 0 aromatic rings. The van der Waals surface area contributed by atoms with Crippen molar-refractivity contribution >= 4 is 0 Å². The number of hydrogen-bond acceptors (Lipinski definition) is 11. The van der Waals surface area contributed by atoms with Crippen LogP contribution in [-0.4, -0.2) is 126 Å². The molecule has 0 rings (SSSR count). The molecule has 0 aliphatic rings. The van der Waals surface area contributed by atoms with Crippen molar-refractivity contribution in [1.82, 2.24) is 0 Å². The summed E-state index contributed by atoms with van der Waals surface area (Å²) in [7, 11) is 0. The van der Waals surface area contributed by atoms with Gasteiger partial charge < -0.3 is 56.2 Å². The van der Waals surface area contributed by atoms with Crippen LogP contribution in [0.4, 0.5) is 0 Å². The van der Waals surface area contributed by atoms with E-state index in [1.807, 2.05) is 0 Å². The van der Waals surface area contributed by atoms with Gasteiger partial charge in [0.25, 0.3) is 0 Å². The molecule has 0 aliphatic carbocycles. The summed E-state index contributed by atoms with van der Waals surface area (Å²) in [4.78, 5) is 0. The van der Waals surface area contributed by atoms with Crippen molar-refractivity contribution in [3.05, 3.63) is 0 Å². The van der Waals surface area contributed by atoms with Crippen LogP contribution in [0.25, 0.3) is 0 Å². The molecule has 22 heavy (non-hydrogen) atoms. The minimum absolute atomic E-state index is 0.125. The predicted octanol–water partition coefficient (Wildman–Crippen LogP) is -6.28. The van der Waals surface area contributed by atoms with E-state index in [0.717, 1.165) is 0 Å². The Balaban J connectivity index is -0.000000300. The molecule has 11 nitrogen and oxygen atoms in total. The van der Waals surface area contributed by atoms with Crippen LogP contribution in [0.15, 0.2) is 0 Å². The van der Waals surface area contributed by atoms with Crippen LogP contribution in [0.2, 0.25) is 0 Å². The Morgan fingerprint density at radius 1 is 0.455 bits per heavy atom. The number of aliphatic hydroxyl groups excluding tert-OH is 11. The Bertz CT molecular complexity index is 186. The Morgan fingerprint density at radius 3 is 0.818 bits per heavy atom. The van der Waals surface area contributed by atoms with E-state index < -0.39 is 43.7 Å². The van der Waals surface area contributed by atoms with E-state index in [1.165, 1.54) is 0 Å². The summed E-state index contributed by atoms with van der Waals surface area (Å²) in [5.41, 5.74) is 0. The monoisotopic (exact) mass is 336 g/mol. The van der Waals surface area contributed by atoms with E-state index in [1.54, 1.807) is 0 Å². The molecule has 11 heteroatoms. The highest BCUT2D eigenvalue weighted by Crippen LogP contribution is 2.03. The van der Waals surface area contributed by atoms with Gasteiger partial charge in [-0.1, -0.05) is 0 Å². The minimum atomic E-state index is -1.67. The van der Waals surface area contributed by atoms with Crippen LogP contribution in [0.5, 0.6) is 0 Å². The van der Waals surface area contributed by atoms with E-state index in [0.29, 0.717) is 0 Å². The fourth-order valence-corrected chi connectivity index (χ4v) is 0.729. The van der Waals surface area contributed by atoms with Crippen molar-refractivity contribution in [1.29, 1.82) is 0 Å². The molecular weight excluding hydrogens is 308 g/mol. The molecule has 0 spiro atoms. The van der Waals surface area contributed by atoms with Crippen LogP contribution >= 0.6 is 0 Å². The highest BCUT2D eigenvalue weighted by molar-refractivity contribution is 4.79. The summed E-state index contributed by atoms with van der Waals surface area (Å²) < 4.78 is 0. The predicted molar refractivity (Wildman–Crippen MR) is 72.5 cm³/mol. The maximum atomic E-state index is 8.96. The van der Waals surface area contributed by atoms with Crippen molar-refractivity contribution in [3.63, 3.8) is 0 Å². The first-order valence-electron chi connectivity index (χ1n) is 6.32. The number of aliphatic hydroxyl groups is 11. The summed E-state index contributed by atoms with van der Waals surface area (Å²) in [6.07, 6.45) is -7.35. The molecule has 0 unspecified atom stereocenters. The fraction of sp³-hybridized carbons (Fsp3) is 1.00. The summed E-state index contributed by atoms with van der Waals surface area (Å²) >= 11 is 0. The molecule has 0 aromatic heterocycles. The van der Waals surface area contributed by atoms with Crippen LogP contribution in [0.3, 0.4) is 0 Å². The second-order valence-corrected chi connectivity index (χ2v) is 3.95. The van der Waals surface area contributed by atoms with Gasteiger partial charge in [-0.25, -0.2) is 0 Å². The lowest BCUT2D eigenvalue weighted by atomic mass is 10.0. The van der Waals surface area contributed by atoms with Gasteiger partial charge in [-0.05, 0) is 0 Å². The molecule has 138 valence electrons. The van der Waals surface area contributed by atoms with Gasteiger partial charge in [0.2, 0.25) is 0 Å². The van der Waals surface area contributed by atoms with Gasteiger partial charge in [-0.15, -0.1) is 0 Å². The zero-order chi connectivity index (χ0) is 18.1. The second-order valence-electron chi connectivity index (χ2n) is 3.95. The van der Waals surface area contributed by atoms with E-state index >= 15 is 0 Å². The topological polar surface area (TPSA) is 223 Å². The largest absolute Gasteiger partial charge is 0.394 e.